The highest BCUT2D eigenvalue weighted by atomic mass is 16.5. The van der Waals surface area contributed by atoms with Crippen molar-refractivity contribution in [3.63, 3.8) is 0 Å². The van der Waals surface area contributed by atoms with Crippen LogP contribution in [0.4, 0.5) is 5.82 Å². The van der Waals surface area contributed by atoms with Gasteiger partial charge in [-0.1, -0.05) is 18.2 Å². The highest BCUT2D eigenvalue weighted by molar-refractivity contribution is 5.40. The largest absolute Gasteiger partial charge is 0.486 e. The van der Waals surface area contributed by atoms with E-state index in [0.717, 1.165) is 35.9 Å². The lowest BCUT2D eigenvalue weighted by atomic mass is 10.0. The molecule has 3 heterocycles. The van der Waals surface area contributed by atoms with E-state index in [-0.39, 0.29) is 0 Å². The molecule has 0 spiro atoms. The lowest BCUT2D eigenvalue weighted by molar-refractivity contribution is 0.0626. The van der Waals surface area contributed by atoms with Crippen LogP contribution < -0.4 is 15.0 Å². The number of pyridine rings is 1. The van der Waals surface area contributed by atoms with Gasteiger partial charge in [-0.15, -0.1) is 0 Å². The predicted molar refractivity (Wildman–Crippen MR) is 112 cm³/mol. The second kappa shape index (κ2) is 8.63. The third-order valence-electron chi connectivity index (χ3n) is 5.30. The molecule has 4 rings (SSSR count). The van der Waals surface area contributed by atoms with Crippen LogP contribution in [0.1, 0.15) is 17.8 Å². The van der Waals surface area contributed by atoms with Gasteiger partial charge in [0.1, 0.15) is 24.0 Å². The second-order valence-electron chi connectivity index (χ2n) is 7.57. The van der Waals surface area contributed by atoms with Crippen LogP contribution in [0, 0.1) is 0 Å². The Balaban J connectivity index is 1.23. The minimum atomic E-state index is -0.733. The van der Waals surface area contributed by atoms with Gasteiger partial charge in [0, 0.05) is 51.8 Å². The Kier molecular flexibility index (Phi) is 5.78. The quantitative estimate of drug-likeness (QED) is 0.611. The van der Waals surface area contributed by atoms with E-state index in [1.807, 2.05) is 60.3 Å². The number of hydrogen-bond donors (Lipinski definition) is 2. The van der Waals surface area contributed by atoms with Crippen LogP contribution in [-0.2, 0) is 20.2 Å². The Morgan fingerprint density at radius 1 is 1.14 bits per heavy atom. The summed E-state index contributed by atoms with van der Waals surface area (Å²) in [6.45, 7) is 3.11. The lowest BCUT2D eigenvalue weighted by Gasteiger charge is -2.24. The van der Waals surface area contributed by atoms with Crippen molar-refractivity contribution in [3.05, 3.63) is 72.4 Å². The zero-order chi connectivity index (χ0) is 20.1. The molecular formula is C22H27N5O2. The second-order valence-corrected chi connectivity index (χ2v) is 7.57. The summed E-state index contributed by atoms with van der Waals surface area (Å²) in [4.78, 5) is 10.8. The van der Waals surface area contributed by atoms with Crippen LogP contribution in [0.5, 0.6) is 5.75 Å². The number of aromatic nitrogens is 3. The van der Waals surface area contributed by atoms with Gasteiger partial charge in [0.05, 0.1) is 5.60 Å². The fourth-order valence-electron chi connectivity index (χ4n) is 3.56. The van der Waals surface area contributed by atoms with Gasteiger partial charge in [0.25, 0.3) is 0 Å². The summed E-state index contributed by atoms with van der Waals surface area (Å²) < 4.78 is 7.73. The Labute approximate surface area is 171 Å². The van der Waals surface area contributed by atoms with E-state index in [4.69, 9.17) is 4.74 Å². The molecule has 1 aliphatic rings. The SMILES string of the molecule is Cn1ccnc1COc1ccc(CNC[C@]2(O)CCN(c3ccccn3)C2)cc1. The van der Waals surface area contributed by atoms with E-state index in [9.17, 15) is 5.11 Å². The number of hydrogen-bond acceptors (Lipinski definition) is 6. The molecule has 2 N–H and O–H groups in total. The van der Waals surface area contributed by atoms with Crippen molar-refractivity contribution in [1.82, 2.24) is 19.9 Å². The number of imidazole rings is 1. The predicted octanol–water partition coefficient (Wildman–Crippen LogP) is 2.13. The topological polar surface area (TPSA) is 75.4 Å². The van der Waals surface area contributed by atoms with Gasteiger partial charge < -0.3 is 24.6 Å². The molecule has 152 valence electrons. The number of nitrogens with zero attached hydrogens (tertiary/aromatic N) is 4. The number of aliphatic hydroxyl groups is 1. The van der Waals surface area contributed by atoms with E-state index >= 15 is 0 Å². The van der Waals surface area contributed by atoms with E-state index in [0.29, 0.717) is 26.2 Å². The molecule has 7 heteroatoms. The van der Waals surface area contributed by atoms with Crippen LogP contribution in [0.2, 0.25) is 0 Å². The Bertz CT molecular complexity index is 912. The molecule has 1 atom stereocenters. The van der Waals surface area contributed by atoms with Gasteiger partial charge in [-0.3, -0.25) is 0 Å². The first kappa shape index (κ1) is 19.4. The number of aryl methyl sites for hydroxylation is 1. The molecule has 3 aromatic rings. The molecule has 1 saturated heterocycles. The maximum Gasteiger partial charge on any atom is 0.146 e. The van der Waals surface area contributed by atoms with Gasteiger partial charge >= 0.3 is 0 Å². The molecule has 1 fully saturated rings. The van der Waals surface area contributed by atoms with Crippen molar-refractivity contribution < 1.29 is 9.84 Å². The van der Waals surface area contributed by atoms with Gasteiger partial charge in [-0.2, -0.15) is 0 Å². The van der Waals surface area contributed by atoms with Gasteiger partial charge in [0.15, 0.2) is 0 Å². The average Bonchev–Trinajstić information content (AvgIpc) is 3.34. The molecular weight excluding hydrogens is 366 g/mol. The summed E-state index contributed by atoms with van der Waals surface area (Å²) in [5.41, 5.74) is 0.417. The summed E-state index contributed by atoms with van der Waals surface area (Å²) in [7, 11) is 1.95. The fraction of sp³-hybridized carbons (Fsp3) is 0.364. The Morgan fingerprint density at radius 3 is 2.72 bits per heavy atom. The van der Waals surface area contributed by atoms with Crippen LogP contribution in [0.3, 0.4) is 0 Å². The number of β-amino-alcohol motifs (C(OH)–C–C–N with tert-alkyl or cyclic N) is 1. The minimum Gasteiger partial charge on any atom is -0.486 e. The average molecular weight is 393 g/mol. The third kappa shape index (κ3) is 4.93. The minimum absolute atomic E-state index is 0.445. The number of benzene rings is 1. The molecule has 0 aliphatic carbocycles. The first-order valence-corrected chi connectivity index (χ1v) is 9.88. The number of anilines is 1. The van der Waals surface area contributed by atoms with Gasteiger partial charge in [-0.25, -0.2) is 9.97 Å². The number of nitrogens with one attached hydrogen (secondary N) is 1. The molecule has 1 aromatic carbocycles. The van der Waals surface area contributed by atoms with E-state index in [1.54, 1.807) is 12.4 Å². The van der Waals surface area contributed by atoms with Crippen molar-refractivity contribution in [3.8, 4) is 5.75 Å². The molecule has 1 aliphatic heterocycles. The molecule has 0 unspecified atom stereocenters. The fourth-order valence-corrected chi connectivity index (χ4v) is 3.56. The molecule has 2 aromatic heterocycles. The summed E-state index contributed by atoms with van der Waals surface area (Å²) in [5.74, 6) is 2.63. The maximum atomic E-state index is 10.9. The summed E-state index contributed by atoms with van der Waals surface area (Å²) in [5, 5.41) is 14.3. The Hall–Kier alpha value is -2.90. The molecule has 0 radical (unpaired) electrons. The molecule has 7 nitrogen and oxygen atoms in total. The number of ether oxygens (including phenoxy) is 1. The van der Waals surface area contributed by atoms with E-state index in [1.165, 1.54) is 0 Å². The van der Waals surface area contributed by atoms with Crippen molar-refractivity contribution in [2.45, 2.75) is 25.2 Å². The van der Waals surface area contributed by atoms with Crippen molar-refractivity contribution >= 4 is 5.82 Å². The zero-order valence-corrected chi connectivity index (χ0v) is 16.7. The number of rotatable bonds is 8. The van der Waals surface area contributed by atoms with E-state index in [2.05, 4.69) is 20.2 Å². The molecule has 0 bridgehead atoms. The summed E-state index contributed by atoms with van der Waals surface area (Å²) in [6.07, 6.45) is 6.19. The molecule has 0 saturated carbocycles. The molecule has 0 amide bonds. The maximum absolute atomic E-state index is 10.9. The zero-order valence-electron chi connectivity index (χ0n) is 16.7. The summed E-state index contributed by atoms with van der Waals surface area (Å²) in [6, 6.07) is 13.9. The van der Waals surface area contributed by atoms with Crippen LogP contribution in [-0.4, -0.2) is 44.9 Å². The smallest absolute Gasteiger partial charge is 0.146 e. The van der Waals surface area contributed by atoms with Gasteiger partial charge in [-0.05, 0) is 36.2 Å². The van der Waals surface area contributed by atoms with Crippen LogP contribution in [0.15, 0.2) is 61.1 Å². The third-order valence-corrected chi connectivity index (χ3v) is 5.30. The van der Waals surface area contributed by atoms with Crippen molar-refractivity contribution in [2.75, 3.05) is 24.5 Å². The first-order chi connectivity index (χ1) is 14.1. The standard InChI is InChI=1S/C22H27N5O2/c1-26-13-11-25-21(26)15-29-19-7-5-18(6-8-19)14-23-16-22(28)9-12-27(17-22)20-4-2-3-10-24-20/h2-8,10-11,13,23,28H,9,12,14-17H2,1H3/t22-/m1/s1. The first-order valence-electron chi connectivity index (χ1n) is 9.88. The highest BCUT2D eigenvalue weighted by Gasteiger charge is 2.36. The van der Waals surface area contributed by atoms with Crippen molar-refractivity contribution in [1.29, 1.82) is 0 Å². The van der Waals surface area contributed by atoms with Gasteiger partial charge in [0.2, 0.25) is 0 Å². The van der Waals surface area contributed by atoms with E-state index < -0.39 is 5.60 Å². The van der Waals surface area contributed by atoms with Crippen molar-refractivity contribution in [2.24, 2.45) is 7.05 Å². The highest BCUT2D eigenvalue weighted by Crippen LogP contribution is 2.25. The van der Waals surface area contributed by atoms with Crippen LogP contribution >= 0.6 is 0 Å². The normalized spacial score (nSPS) is 18.9. The Morgan fingerprint density at radius 2 is 2.00 bits per heavy atom. The van der Waals surface area contributed by atoms with Crippen LogP contribution in [0.25, 0.3) is 0 Å². The lowest BCUT2D eigenvalue weighted by Crippen LogP contribution is -2.43. The molecule has 29 heavy (non-hydrogen) atoms. The summed E-state index contributed by atoms with van der Waals surface area (Å²) >= 11 is 0. The monoisotopic (exact) mass is 393 g/mol.